The summed E-state index contributed by atoms with van der Waals surface area (Å²) in [6, 6.07) is 23.9. The van der Waals surface area contributed by atoms with E-state index in [0.29, 0.717) is 0 Å². The molecule has 5 heterocycles. The second kappa shape index (κ2) is 41.7. The number of hydrogen-bond acceptors (Lipinski definition) is 11. The van der Waals surface area contributed by atoms with Crippen molar-refractivity contribution in [1.29, 1.82) is 0 Å². The Balaban J connectivity index is 1.28. The Bertz CT molecular complexity index is 3550. The Morgan fingerprint density at radius 1 is 0.323 bits per heavy atom. The minimum atomic E-state index is -0.698. The van der Waals surface area contributed by atoms with Gasteiger partial charge in [-0.1, -0.05) is 267 Å². The van der Waals surface area contributed by atoms with Gasteiger partial charge in [-0.15, -0.1) is 70.6 Å². The molecule has 0 radical (unpaired) electrons. The van der Waals surface area contributed by atoms with Gasteiger partial charge < -0.3 is 4.65 Å². The molecule has 3 aliphatic rings. The molecule has 0 saturated heterocycles. The lowest BCUT2D eigenvalue weighted by Crippen LogP contribution is -2.52. The second-order valence-corrected chi connectivity index (χ2v) is 35.4. The number of nitrogens with zero attached hydrogens (tertiary/aromatic N) is 6. The minimum absolute atomic E-state index is 0.00938. The zero-order valence-corrected chi connectivity index (χ0v) is 66.0. The summed E-state index contributed by atoms with van der Waals surface area (Å²) < 4.78 is 12.4. The monoisotopic (exact) mass is 1410 g/mol. The number of amidine groups is 2. The molecule has 14 heteroatoms. The summed E-state index contributed by atoms with van der Waals surface area (Å²) in [7, 11) is -0.698. The van der Waals surface area contributed by atoms with Gasteiger partial charge in [0.2, 0.25) is 0 Å². The van der Waals surface area contributed by atoms with Gasteiger partial charge in [-0.25, -0.2) is 20.0 Å². The highest BCUT2D eigenvalue weighted by Crippen LogP contribution is 2.48. The number of hydrogen-bond donors (Lipinski definition) is 0. The van der Waals surface area contributed by atoms with Crippen molar-refractivity contribution in [3.05, 3.63) is 88.3 Å². The van der Waals surface area contributed by atoms with Gasteiger partial charge in [-0.3, -0.25) is 8.96 Å². The van der Waals surface area contributed by atoms with Gasteiger partial charge in [-0.2, -0.15) is 0 Å². The van der Waals surface area contributed by atoms with Crippen molar-refractivity contribution in [2.24, 2.45) is 20.0 Å². The van der Waals surface area contributed by atoms with Gasteiger partial charge in [0.05, 0.1) is 0 Å². The zero-order chi connectivity index (χ0) is 67.3. The molecule has 0 aliphatic carbocycles. The summed E-state index contributed by atoms with van der Waals surface area (Å²) in [4.78, 5) is 31.9. The van der Waals surface area contributed by atoms with Crippen LogP contribution in [0.4, 0.5) is 11.6 Å². The molecule has 2 aromatic heterocycles. The molecule has 4 bridgehead atoms. The molecule has 3 aliphatic heterocycles. The van der Waals surface area contributed by atoms with E-state index < -0.39 is 7.19 Å². The topological polar surface area (TPSA) is 68.5 Å². The fourth-order valence-electron chi connectivity index (χ4n) is 13.5. The summed E-state index contributed by atoms with van der Waals surface area (Å²) in [6.07, 6.45) is 46.5. The number of aromatic nitrogens is 2. The smallest absolute Gasteiger partial charge is 0.523 e. The molecule has 524 valence electrons. The summed E-state index contributed by atoms with van der Waals surface area (Å²) in [5.41, 5.74) is 5.17. The van der Waals surface area contributed by atoms with Crippen LogP contribution in [0.1, 0.15) is 310 Å². The van der Waals surface area contributed by atoms with Crippen LogP contribution in [-0.4, -0.2) is 62.3 Å². The molecule has 0 atom stereocenters. The Kier molecular flexibility index (Phi) is 33.5. The Labute approximate surface area is 608 Å². The van der Waals surface area contributed by atoms with Crippen LogP contribution in [0.15, 0.2) is 110 Å². The molecule has 0 N–H and O–H groups in total. The van der Waals surface area contributed by atoms with Crippen LogP contribution in [0.2, 0.25) is 0 Å². The van der Waals surface area contributed by atoms with Crippen molar-refractivity contribution in [3.63, 3.8) is 0 Å². The van der Waals surface area contributed by atoms with Crippen molar-refractivity contribution >= 4 is 123 Å². The third-order valence-corrected chi connectivity index (χ3v) is 26.6. The average Bonchev–Trinajstić information content (AvgIpc) is 1.54. The number of thioether (sulfide) groups is 6. The summed E-state index contributed by atoms with van der Waals surface area (Å²) in [5, 5.41) is 4.47. The van der Waals surface area contributed by atoms with E-state index >= 15 is 0 Å². The number of benzene rings is 4. The van der Waals surface area contributed by atoms with E-state index in [0.717, 1.165) is 107 Å². The fourth-order valence-corrected chi connectivity index (χ4v) is 20.4. The van der Waals surface area contributed by atoms with E-state index in [1.165, 1.54) is 266 Å². The third-order valence-electron chi connectivity index (χ3n) is 19.4. The van der Waals surface area contributed by atoms with Gasteiger partial charge in [0.15, 0.2) is 11.7 Å². The first-order valence-electron chi connectivity index (χ1n) is 38.9. The van der Waals surface area contributed by atoms with Crippen molar-refractivity contribution in [2.45, 2.75) is 328 Å². The molecule has 6 aromatic rings. The van der Waals surface area contributed by atoms with Crippen molar-refractivity contribution in [3.8, 4) is 5.75 Å². The molecule has 96 heavy (non-hydrogen) atoms. The lowest BCUT2D eigenvalue weighted by Gasteiger charge is -2.24. The predicted molar refractivity (Wildman–Crippen MR) is 432 cm³/mol. The first-order chi connectivity index (χ1) is 47.1. The van der Waals surface area contributed by atoms with Crippen LogP contribution in [0.3, 0.4) is 0 Å². The number of fused-ring (bicyclic) bond motifs is 10. The van der Waals surface area contributed by atoms with Gasteiger partial charge in [0.1, 0.15) is 28.4 Å². The molecule has 9 rings (SSSR count). The van der Waals surface area contributed by atoms with Crippen LogP contribution in [0.5, 0.6) is 5.75 Å². The van der Waals surface area contributed by atoms with Crippen LogP contribution in [-0.2, 0) is 5.41 Å². The fraction of sp³-hybridized carbons (Fsp3) is 0.634. The maximum Gasteiger partial charge on any atom is 0.633 e. The summed E-state index contributed by atoms with van der Waals surface area (Å²) >= 11 is 12.3. The maximum absolute atomic E-state index is 7.74. The van der Waals surface area contributed by atoms with Crippen LogP contribution in [0.25, 0.3) is 21.5 Å². The van der Waals surface area contributed by atoms with Gasteiger partial charge in [0, 0.05) is 62.0 Å². The minimum Gasteiger partial charge on any atom is -0.523 e. The largest absolute Gasteiger partial charge is 0.633 e. The standard InChI is InChI=1S/C82H121BN6OS6/c1-10-16-22-28-34-40-50-91-70-56-64-65(57-71(70)92-51-41-35-29-23-17-11-2)77-84-76(64)85-78-66-58-72(93-52-42-36-30-24-18-12-3)74(95-54-44-38-32-26-20-14-5)60-68(66)80-87-81-69-61-75(96-55-45-39-33-27-21-15-6)73(94-53-43-37-31-25-19-13-4)59-67(69)79(86-77)89(81)83(88(78)80)90-63-48-46-62(47-49-63)82(7,8)9/h46-49,56-61H,10-45,50-55H2,1-9H3. The van der Waals surface area contributed by atoms with E-state index in [4.69, 9.17) is 24.6 Å². The highest BCUT2D eigenvalue weighted by atomic mass is 32.2. The van der Waals surface area contributed by atoms with Crippen LogP contribution >= 0.6 is 70.6 Å². The molecule has 0 unspecified atom stereocenters. The first kappa shape index (κ1) is 77.0. The van der Waals surface area contributed by atoms with Gasteiger partial charge >= 0.3 is 7.19 Å². The molecule has 0 spiro atoms. The highest BCUT2D eigenvalue weighted by molar-refractivity contribution is 8.03. The van der Waals surface area contributed by atoms with E-state index in [1.807, 2.05) is 23.5 Å². The van der Waals surface area contributed by atoms with E-state index in [2.05, 4.69) is 179 Å². The molecular formula is C82H121BN6OS6. The lowest BCUT2D eigenvalue weighted by molar-refractivity contribution is 0.527. The number of aliphatic imine (C=N–C) groups is 2. The molecule has 4 aromatic carbocycles. The van der Waals surface area contributed by atoms with E-state index in [-0.39, 0.29) is 5.41 Å². The van der Waals surface area contributed by atoms with E-state index in [1.54, 1.807) is 0 Å². The first-order valence-corrected chi connectivity index (χ1v) is 44.8. The van der Waals surface area contributed by atoms with Crippen LogP contribution in [0, 0.1) is 0 Å². The third kappa shape index (κ3) is 21.9. The summed E-state index contributed by atoms with van der Waals surface area (Å²) in [5.74, 6) is 10.6. The molecule has 0 fully saturated rings. The second-order valence-electron chi connectivity index (χ2n) is 28.6. The average molecular weight is 1410 g/mol. The lowest BCUT2D eigenvalue weighted by atomic mass is 9.87. The van der Waals surface area contributed by atoms with Crippen molar-refractivity contribution < 1.29 is 4.65 Å². The quantitative estimate of drug-likeness (QED) is 0.0214. The van der Waals surface area contributed by atoms with Crippen LogP contribution < -0.4 is 15.6 Å². The van der Waals surface area contributed by atoms with Crippen molar-refractivity contribution in [2.75, 3.05) is 34.5 Å². The molecule has 0 amide bonds. The zero-order valence-electron chi connectivity index (χ0n) is 61.1. The highest BCUT2D eigenvalue weighted by Gasteiger charge is 2.41. The Hall–Kier alpha value is -3.14. The van der Waals surface area contributed by atoms with Crippen molar-refractivity contribution in [1.82, 2.24) is 8.96 Å². The SMILES string of the molecule is CCCCCCCCSc1cc2c(cc1SCCCCCCCC)C1=Nc3c4cc(SCCCCCCCC)c(SCCCCCCCC)cc4c4n3B(Oc3ccc(C(C)(C)C)cc3)n3c(c5cc(SCCCCCCCC)c(SCCCCCCCC)cc5c3=N4)=NC2=N1. The molecular weight excluding hydrogens is 1290 g/mol. The maximum atomic E-state index is 7.74. The Morgan fingerprint density at radius 3 is 0.958 bits per heavy atom. The molecule has 7 nitrogen and oxygen atoms in total. The number of unbranched alkanes of at least 4 members (excludes halogenated alkanes) is 30. The predicted octanol–water partition coefficient (Wildman–Crippen LogP) is 26.8. The Morgan fingerprint density at radius 2 is 0.615 bits per heavy atom. The number of rotatable bonds is 50. The van der Waals surface area contributed by atoms with Gasteiger partial charge in [-0.05, 0) is 133 Å². The normalized spacial score (nSPS) is 13.2. The van der Waals surface area contributed by atoms with Gasteiger partial charge in [0.25, 0.3) is 0 Å². The molecule has 0 saturated carbocycles. The van der Waals surface area contributed by atoms with E-state index in [9.17, 15) is 0 Å². The summed E-state index contributed by atoms with van der Waals surface area (Å²) in [6.45, 7) is 20.8.